The maximum atomic E-state index is 12.4. The Hall–Kier alpha value is -3.35. The van der Waals surface area contributed by atoms with Crippen LogP contribution in [0.3, 0.4) is 0 Å². The van der Waals surface area contributed by atoms with E-state index in [0.717, 1.165) is 5.56 Å². The number of rotatable bonds is 5. The number of hydrogen-bond donors (Lipinski definition) is 2. The van der Waals surface area contributed by atoms with Gasteiger partial charge in [0.25, 0.3) is 5.56 Å². The molecule has 0 aliphatic rings. The summed E-state index contributed by atoms with van der Waals surface area (Å²) in [6.07, 6.45) is 4.97. The van der Waals surface area contributed by atoms with Crippen LogP contribution in [0.1, 0.15) is 29.8 Å². The largest absolute Gasteiger partial charge is 0.349 e. The van der Waals surface area contributed by atoms with Crippen molar-refractivity contribution in [2.24, 2.45) is 0 Å². The number of carbonyl (C=O) groups excluding carboxylic acids is 1. The van der Waals surface area contributed by atoms with Crippen LogP contribution < -0.4 is 10.9 Å². The van der Waals surface area contributed by atoms with Crippen LogP contribution in [0.15, 0.2) is 53.7 Å². The Balaban J connectivity index is 1.76. The van der Waals surface area contributed by atoms with Crippen molar-refractivity contribution < 1.29 is 4.79 Å². The summed E-state index contributed by atoms with van der Waals surface area (Å²) in [6, 6.07) is 8.87. The quantitative estimate of drug-likeness (QED) is 0.733. The van der Waals surface area contributed by atoms with Gasteiger partial charge in [-0.1, -0.05) is 12.1 Å². The van der Waals surface area contributed by atoms with E-state index in [1.54, 1.807) is 37.6 Å². The first-order valence-corrected chi connectivity index (χ1v) is 8.25. The fraction of sp³-hybridized carbons (Fsp3) is 0.211. The van der Waals surface area contributed by atoms with Crippen LogP contribution in [0.2, 0.25) is 0 Å². The number of nitrogens with one attached hydrogen (secondary N) is 2. The average Bonchev–Trinajstić information content (AvgIpc) is 2.66. The highest BCUT2D eigenvalue weighted by molar-refractivity contribution is 5.79. The summed E-state index contributed by atoms with van der Waals surface area (Å²) in [6.45, 7) is 3.59. The van der Waals surface area contributed by atoms with Crippen LogP contribution in [0.4, 0.5) is 0 Å². The number of aryl methyl sites for hydroxylation is 1. The summed E-state index contributed by atoms with van der Waals surface area (Å²) in [5.41, 5.74) is 2.01. The van der Waals surface area contributed by atoms with E-state index in [9.17, 15) is 9.59 Å². The predicted molar refractivity (Wildman–Crippen MR) is 97.3 cm³/mol. The molecule has 1 atom stereocenters. The van der Waals surface area contributed by atoms with Crippen LogP contribution in [-0.2, 0) is 11.2 Å². The van der Waals surface area contributed by atoms with Crippen LogP contribution in [0.25, 0.3) is 11.5 Å². The maximum absolute atomic E-state index is 12.4. The molecule has 3 heterocycles. The lowest BCUT2D eigenvalue weighted by molar-refractivity contribution is -0.121. The Morgan fingerprint density at radius 1 is 1.23 bits per heavy atom. The van der Waals surface area contributed by atoms with Gasteiger partial charge in [0.15, 0.2) is 5.82 Å². The van der Waals surface area contributed by atoms with Crippen molar-refractivity contribution in [3.05, 3.63) is 76.1 Å². The molecule has 0 fully saturated rings. The van der Waals surface area contributed by atoms with Gasteiger partial charge in [-0.2, -0.15) is 0 Å². The summed E-state index contributed by atoms with van der Waals surface area (Å²) in [5.74, 6) is 0.142. The van der Waals surface area contributed by atoms with Crippen molar-refractivity contribution in [2.45, 2.75) is 26.3 Å². The zero-order valence-electron chi connectivity index (χ0n) is 14.6. The molecule has 0 bridgehead atoms. The van der Waals surface area contributed by atoms with Gasteiger partial charge in [-0.25, -0.2) is 4.98 Å². The molecule has 26 heavy (non-hydrogen) atoms. The summed E-state index contributed by atoms with van der Waals surface area (Å²) in [4.78, 5) is 40.1. The molecular formula is C19H19N5O2. The van der Waals surface area contributed by atoms with E-state index in [2.05, 4.69) is 25.3 Å². The molecule has 0 aliphatic carbocycles. The average molecular weight is 349 g/mol. The highest BCUT2D eigenvalue weighted by atomic mass is 16.2. The third-order valence-electron chi connectivity index (χ3n) is 4.03. The third-order valence-corrected chi connectivity index (χ3v) is 4.03. The van der Waals surface area contributed by atoms with Gasteiger partial charge >= 0.3 is 0 Å². The molecule has 1 unspecified atom stereocenters. The summed E-state index contributed by atoms with van der Waals surface area (Å²) in [7, 11) is 0. The minimum Gasteiger partial charge on any atom is -0.349 e. The normalized spacial score (nSPS) is 11.8. The van der Waals surface area contributed by atoms with Gasteiger partial charge < -0.3 is 10.3 Å². The number of aromatic nitrogens is 4. The summed E-state index contributed by atoms with van der Waals surface area (Å²) in [5, 5.41) is 2.87. The molecule has 132 valence electrons. The zero-order valence-corrected chi connectivity index (χ0v) is 14.6. The fourth-order valence-electron chi connectivity index (χ4n) is 2.61. The number of carbonyl (C=O) groups is 1. The highest BCUT2D eigenvalue weighted by Gasteiger charge is 2.16. The standard InChI is InChI=1S/C19H19N5O2/c1-12(14-6-5-8-20-11-14)22-17(25)10-15-13(2)23-18(24-19(15)26)16-7-3-4-9-21-16/h3-9,11-12H,10H2,1-2H3,(H,22,25)(H,23,24,26). The lowest BCUT2D eigenvalue weighted by atomic mass is 10.1. The minimum atomic E-state index is -0.331. The second kappa shape index (κ2) is 7.69. The van der Waals surface area contributed by atoms with Gasteiger partial charge in [0.05, 0.1) is 12.5 Å². The molecule has 0 aliphatic heterocycles. The molecule has 0 saturated carbocycles. The number of pyridine rings is 2. The molecule has 7 heteroatoms. The van der Waals surface area contributed by atoms with Crippen molar-refractivity contribution in [1.82, 2.24) is 25.3 Å². The topological polar surface area (TPSA) is 101 Å². The lowest BCUT2D eigenvalue weighted by Gasteiger charge is -2.14. The monoisotopic (exact) mass is 349 g/mol. The van der Waals surface area contributed by atoms with E-state index < -0.39 is 0 Å². The SMILES string of the molecule is Cc1nc(-c2ccccn2)[nH]c(=O)c1CC(=O)NC(C)c1cccnc1. The third kappa shape index (κ3) is 4.00. The second-order valence-electron chi connectivity index (χ2n) is 5.95. The van der Waals surface area contributed by atoms with Gasteiger partial charge in [0, 0.05) is 29.8 Å². The van der Waals surface area contributed by atoms with E-state index in [-0.39, 0.29) is 23.9 Å². The number of nitrogens with zero attached hydrogens (tertiary/aromatic N) is 3. The molecular weight excluding hydrogens is 330 g/mol. The van der Waals surface area contributed by atoms with Gasteiger partial charge in [-0.15, -0.1) is 0 Å². The van der Waals surface area contributed by atoms with E-state index >= 15 is 0 Å². The van der Waals surface area contributed by atoms with Gasteiger partial charge in [-0.05, 0) is 37.6 Å². The smallest absolute Gasteiger partial charge is 0.255 e. The zero-order chi connectivity index (χ0) is 18.5. The molecule has 3 rings (SSSR count). The Labute approximate surface area is 150 Å². The number of hydrogen-bond acceptors (Lipinski definition) is 5. The predicted octanol–water partition coefficient (Wildman–Crippen LogP) is 1.96. The van der Waals surface area contributed by atoms with Gasteiger partial charge in [0.1, 0.15) is 5.69 Å². The van der Waals surface area contributed by atoms with E-state index in [1.807, 2.05) is 25.1 Å². The van der Waals surface area contributed by atoms with Crippen molar-refractivity contribution in [3.63, 3.8) is 0 Å². The summed E-state index contributed by atoms with van der Waals surface area (Å²) >= 11 is 0. The number of aromatic amines is 1. The first-order valence-electron chi connectivity index (χ1n) is 8.25. The molecule has 0 radical (unpaired) electrons. The Bertz CT molecular complexity index is 955. The Morgan fingerprint density at radius 2 is 2.08 bits per heavy atom. The minimum absolute atomic E-state index is 0.0404. The van der Waals surface area contributed by atoms with E-state index in [4.69, 9.17) is 0 Å². The van der Waals surface area contributed by atoms with Crippen LogP contribution in [0, 0.1) is 6.92 Å². The van der Waals surface area contributed by atoms with Gasteiger partial charge in [-0.3, -0.25) is 19.6 Å². The van der Waals surface area contributed by atoms with Gasteiger partial charge in [0.2, 0.25) is 5.91 Å². The highest BCUT2D eigenvalue weighted by Crippen LogP contribution is 2.12. The molecule has 0 saturated heterocycles. The molecule has 1 amide bonds. The van der Waals surface area contributed by atoms with E-state index in [1.165, 1.54) is 0 Å². The molecule has 3 aromatic heterocycles. The number of amides is 1. The molecule has 3 aromatic rings. The van der Waals surface area contributed by atoms with Crippen molar-refractivity contribution in [3.8, 4) is 11.5 Å². The molecule has 2 N–H and O–H groups in total. The number of H-pyrrole nitrogens is 1. The van der Waals surface area contributed by atoms with E-state index in [0.29, 0.717) is 22.8 Å². The maximum Gasteiger partial charge on any atom is 0.255 e. The Morgan fingerprint density at radius 3 is 2.73 bits per heavy atom. The lowest BCUT2D eigenvalue weighted by Crippen LogP contribution is -2.31. The van der Waals surface area contributed by atoms with Crippen LogP contribution in [0.5, 0.6) is 0 Å². The molecule has 7 nitrogen and oxygen atoms in total. The first kappa shape index (κ1) is 17.5. The second-order valence-corrected chi connectivity index (χ2v) is 5.95. The summed E-state index contributed by atoms with van der Waals surface area (Å²) < 4.78 is 0. The Kier molecular flexibility index (Phi) is 5.17. The van der Waals surface area contributed by atoms with Crippen molar-refractivity contribution >= 4 is 5.91 Å². The molecule has 0 spiro atoms. The van der Waals surface area contributed by atoms with Crippen LogP contribution >= 0.6 is 0 Å². The van der Waals surface area contributed by atoms with Crippen molar-refractivity contribution in [1.29, 1.82) is 0 Å². The fourth-order valence-corrected chi connectivity index (χ4v) is 2.61. The first-order chi connectivity index (χ1) is 12.5. The van der Waals surface area contributed by atoms with Crippen molar-refractivity contribution in [2.75, 3.05) is 0 Å². The van der Waals surface area contributed by atoms with Crippen LogP contribution in [-0.4, -0.2) is 25.8 Å². The molecule has 0 aromatic carbocycles.